The zero-order chi connectivity index (χ0) is 17.6. The van der Waals surface area contributed by atoms with Crippen LogP contribution in [0.1, 0.15) is 17.7 Å². The molecule has 1 aromatic carbocycles. The molecule has 1 aliphatic heterocycles. The molecule has 3 rings (SSSR count). The summed E-state index contributed by atoms with van der Waals surface area (Å²) in [5, 5.41) is 0. The number of carbonyl (C=O) groups is 1. The lowest BCUT2D eigenvalue weighted by Gasteiger charge is -2.38. The minimum atomic E-state index is 0.115. The van der Waals surface area contributed by atoms with Crippen LogP contribution in [0.5, 0.6) is 5.75 Å². The number of carbonyl (C=O) groups excluding carboxylic acids is 1. The summed E-state index contributed by atoms with van der Waals surface area (Å²) in [6.45, 7) is 1.45. The van der Waals surface area contributed by atoms with Gasteiger partial charge >= 0.3 is 0 Å². The van der Waals surface area contributed by atoms with Gasteiger partial charge in [0.05, 0.1) is 25.9 Å². The summed E-state index contributed by atoms with van der Waals surface area (Å²) in [6, 6.07) is 11.8. The number of benzene rings is 1. The number of ether oxygens (including phenoxy) is 2. The molecule has 1 aromatic heterocycles. The van der Waals surface area contributed by atoms with Crippen LogP contribution >= 0.6 is 0 Å². The number of rotatable bonds is 6. The lowest BCUT2D eigenvalue weighted by atomic mass is 9.88. The highest BCUT2D eigenvalue weighted by molar-refractivity contribution is 5.78. The van der Waals surface area contributed by atoms with Crippen molar-refractivity contribution in [1.29, 1.82) is 0 Å². The van der Waals surface area contributed by atoms with Gasteiger partial charge in [-0.15, -0.1) is 0 Å². The normalized spacial score (nSPS) is 20.5. The summed E-state index contributed by atoms with van der Waals surface area (Å²) in [7, 11) is 3.42. The van der Waals surface area contributed by atoms with Crippen LogP contribution in [0, 0.1) is 5.92 Å². The van der Waals surface area contributed by atoms with Gasteiger partial charge in [0.25, 0.3) is 0 Å². The van der Waals surface area contributed by atoms with E-state index in [1.165, 1.54) is 5.56 Å². The number of furan rings is 1. The van der Waals surface area contributed by atoms with Gasteiger partial charge in [0.1, 0.15) is 11.5 Å². The Balaban J connectivity index is 1.64. The molecule has 2 aromatic rings. The smallest absolute Gasteiger partial charge is 0.230 e. The van der Waals surface area contributed by atoms with Crippen molar-refractivity contribution in [3.8, 4) is 5.75 Å². The molecule has 1 saturated heterocycles. The van der Waals surface area contributed by atoms with Crippen LogP contribution < -0.4 is 4.74 Å². The van der Waals surface area contributed by atoms with Crippen molar-refractivity contribution < 1.29 is 18.7 Å². The monoisotopic (exact) mass is 343 g/mol. The topological polar surface area (TPSA) is 51.9 Å². The molecule has 1 aliphatic rings. The molecule has 0 aliphatic carbocycles. The molecule has 2 heterocycles. The maximum Gasteiger partial charge on any atom is 0.230 e. The van der Waals surface area contributed by atoms with Crippen LogP contribution in [0.2, 0.25) is 0 Å². The Morgan fingerprint density at radius 1 is 1.24 bits per heavy atom. The molecule has 25 heavy (non-hydrogen) atoms. The number of hydrogen-bond acceptors (Lipinski definition) is 4. The molecule has 134 valence electrons. The van der Waals surface area contributed by atoms with E-state index in [0.29, 0.717) is 18.7 Å². The third kappa shape index (κ3) is 4.42. The number of nitrogens with zero attached hydrogens (tertiary/aromatic N) is 1. The minimum Gasteiger partial charge on any atom is -0.497 e. The van der Waals surface area contributed by atoms with Crippen LogP contribution in [0.3, 0.4) is 0 Å². The molecule has 5 nitrogen and oxygen atoms in total. The van der Waals surface area contributed by atoms with Gasteiger partial charge in [-0.3, -0.25) is 4.79 Å². The Kier molecular flexibility index (Phi) is 5.76. The second kappa shape index (κ2) is 8.21. The first-order valence-corrected chi connectivity index (χ1v) is 8.65. The Morgan fingerprint density at radius 3 is 2.68 bits per heavy atom. The number of piperidine rings is 1. The molecule has 0 bridgehead atoms. The van der Waals surface area contributed by atoms with Gasteiger partial charge in [-0.2, -0.15) is 0 Å². The van der Waals surface area contributed by atoms with Crippen LogP contribution in [-0.4, -0.2) is 44.2 Å². The minimum absolute atomic E-state index is 0.115. The lowest BCUT2D eigenvalue weighted by molar-refractivity contribution is -0.135. The van der Waals surface area contributed by atoms with E-state index in [4.69, 9.17) is 13.9 Å². The predicted octanol–water partition coefficient (Wildman–Crippen LogP) is 2.94. The lowest BCUT2D eigenvalue weighted by Crippen LogP contribution is -2.47. The first-order chi connectivity index (χ1) is 12.2. The molecule has 1 fully saturated rings. The number of hydrogen-bond donors (Lipinski definition) is 0. The van der Waals surface area contributed by atoms with Gasteiger partial charge in [0.2, 0.25) is 5.91 Å². The maximum atomic E-state index is 12.6. The third-order valence-corrected chi connectivity index (χ3v) is 4.88. The van der Waals surface area contributed by atoms with Gasteiger partial charge in [0, 0.05) is 26.1 Å². The highest BCUT2D eigenvalue weighted by Crippen LogP contribution is 2.25. The van der Waals surface area contributed by atoms with E-state index >= 15 is 0 Å². The number of likely N-dealkylation sites (tertiary alicyclic amines) is 1. The van der Waals surface area contributed by atoms with E-state index in [-0.39, 0.29) is 17.9 Å². The zero-order valence-electron chi connectivity index (χ0n) is 14.8. The first kappa shape index (κ1) is 17.5. The van der Waals surface area contributed by atoms with Gasteiger partial charge in [0.15, 0.2) is 0 Å². The fourth-order valence-electron chi connectivity index (χ4n) is 3.48. The second-order valence-electron chi connectivity index (χ2n) is 6.47. The van der Waals surface area contributed by atoms with Crippen LogP contribution in [0.15, 0.2) is 47.1 Å². The van der Waals surface area contributed by atoms with Gasteiger partial charge in [-0.1, -0.05) is 12.1 Å². The average molecular weight is 343 g/mol. The molecule has 0 N–H and O–H groups in total. The van der Waals surface area contributed by atoms with Crippen molar-refractivity contribution in [2.24, 2.45) is 5.92 Å². The van der Waals surface area contributed by atoms with E-state index in [9.17, 15) is 4.79 Å². The predicted molar refractivity (Wildman–Crippen MR) is 94.6 cm³/mol. The summed E-state index contributed by atoms with van der Waals surface area (Å²) in [5.74, 6) is 1.97. The molecule has 0 unspecified atom stereocenters. The average Bonchev–Trinajstić information content (AvgIpc) is 3.15. The number of methoxy groups -OCH3 is 2. The highest BCUT2D eigenvalue weighted by Gasteiger charge is 2.31. The quantitative estimate of drug-likeness (QED) is 0.809. The highest BCUT2D eigenvalue weighted by atomic mass is 16.5. The summed E-state index contributed by atoms with van der Waals surface area (Å²) in [6.07, 6.45) is 3.84. The first-order valence-electron chi connectivity index (χ1n) is 8.65. The Hall–Kier alpha value is -2.27. The molecular weight excluding hydrogens is 318 g/mol. The Labute approximate surface area is 148 Å². The van der Waals surface area contributed by atoms with E-state index in [0.717, 1.165) is 25.1 Å². The summed E-state index contributed by atoms with van der Waals surface area (Å²) < 4.78 is 16.2. The van der Waals surface area contributed by atoms with Crippen LogP contribution in [-0.2, 0) is 22.4 Å². The molecule has 0 saturated carbocycles. The molecule has 2 atom stereocenters. The fourth-order valence-corrected chi connectivity index (χ4v) is 3.48. The summed E-state index contributed by atoms with van der Waals surface area (Å²) >= 11 is 0. The molecule has 5 heteroatoms. The standard InChI is InChI=1S/C20H25NO4/c1-23-17-7-5-15(6-8-17)12-16-14-21(10-9-19(16)24-2)20(22)13-18-4-3-11-25-18/h3-8,11,16,19H,9-10,12-14H2,1-2H3/t16-,19-/m1/s1. The second-order valence-corrected chi connectivity index (χ2v) is 6.47. The number of amides is 1. The van der Waals surface area contributed by atoms with Gasteiger partial charge in [-0.25, -0.2) is 0 Å². The molecule has 0 spiro atoms. The van der Waals surface area contributed by atoms with Crippen molar-refractivity contribution in [2.45, 2.75) is 25.4 Å². The van der Waals surface area contributed by atoms with Crippen molar-refractivity contribution >= 4 is 5.91 Å². The van der Waals surface area contributed by atoms with E-state index in [2.05, 4.69) is 12.1 Å². The van der Waals surface area contributed by atoms with Crippen molar-refractivity contribution in [2.75, 3.05) is 27.3 Å². The van der Waals surface area contributed by atoms with Crippen LogP contribution in [0.4, 0.5) is 0 Å². The Bertz CT molecular complexity index is 666. The van der Waals surface area contributed by atoms with E-state index in [1.807, 2.05) is 29.2 Å². The van der Waals surface area contributed by atoms with Gasteiger partial charge in [-0.05, 0) is 42.7 Å². The van der Waals surface area contributed by atoms with Crippen molar-refractivity contribution in [3.63, 3.8) is 0 Å². The SMILES string of the molecule is COc1ccc(C[C@@H]2CN(C(=O)Cc3ccco3)CC[C@H]2OC)cc1. The molecular formula is C20H25NO4. The third-order valence-electron chi connectivity index (χ3n) is 4.88. The zero-order valence-corrected chi connectivity index (χ0v) is 14.8. The largest absolute Gasteiger partial charge is 0.497 e. The molecule has 0 radical (unpaired) electrons. The van der Waals surface area contributed by atoms with E-state index < -0.39 is 0 Å². The summed E-state index contributed by atoms with van der Waals surface area (Å²) in [4.78, 5) is 14.5. The fraction of sp³-hybridized carbons (Fsp3) is 0.450. The Morgan fingerprint density at radius 2 is 2.04 bits per heavy atom. The van der Waals surface area contributed by atoms with E-state index in [1.54, 1.807) is 20.5 Å². The van der Waals surface area contributed by atoms with Crippen LogP contribution in [0.25, 0.3) is 0 Å². The van der Waals surface area contributed by atoms with Gasteiger partial charge < -0.3 is 18.8 Å². The molecule has 1 amide bonds. The van der Waals surface area contributed by atoms with Crippen molar-refractivity contribution in [1.82, 2.24) is 4.90 Å². The summed E-state index contributed by atoms with van der Waals surface area (Å²) in [5.41, 5.74) is 1.23. The maximum absolute atomic E-state index is 12.6. The van der Waals surface area contributed by atoms with Crippen molar-refractivity contribution in [3.05, 3.63) is 54.0 Å².